The Bertz CT molecular complexity index is 1000. The van der Waals surface area contributed by atoms with Crippen molar-refractivity contribution < 1.29 is 38.5 Å². The van der Waals surface area contributed by atoms with E-state index >= 15 is 0 Å². The summed E-state index contributed by atoms with van der Waals surface area (Å²) < 4.78 is 15.5. The van der Waals surface area contributed by atoms with E-state index in [2.05, 4.69) is 17.2 Å². The van der Waals surface area contributed by atoms with E-state index in [0.29, 0.717) is 0 Å². The molecule has 0 radical (unpaired) electrons. The Morgan fingerprint density at radius 2 is 1.89 bits per heavy atom. The molecule has 2 saturated carbocycles. The topological polar surface area (TPSA) is 140 Å². The molecule has 3 N–H and O–H groups in total. The molecule has 2 aliphatic carbocycles. The maximum absolute atomic E-state index is 13.6. The Balaban J connectivity index is 1.89. The van der Waals surface area contributed by atoms with Crippen LogP contribution in [-0.2, 0) is 35.0 Å². The summed E-state index contributed by atoms with van der Waals surface area (Å²) in [6, 6.07) is 7.92. The van der Waals surface area contributed by atoms with Gasteiger partial charge in [-0.25, -0.2) is 9.59 Å². The number of carbonyl (C=O) groups excluding carboxylic acids is 4. The van der Waals surface area contributed by atoms with E-state index in [9.17, 15) is 24.3 Å². The molecule has 0 aromatic heterocycles. The first-order chi connectivity index (χ1) is 16.9. The molecule has 1 aromatic rings. The number of nitrogens with one attached hydrogen (secondary N) is 2. The van der Waals surface area contributed by atoms with Crippen LogP contribution in [0, 0.1) is 17.8 Å². The zero-order valence-corrected chi connectivity index (χ0v) is 21.0. The summed E-state index contributed by atoms with van der Waals surface area (Å²) in [6.07, 6.45) is -0.868. The van der Waals surface area contributed by atoms with Crippen LogP contribution in [-0.4, -0.2) is 58.9 Å². The highest BCUT2D eigenvalue weighted by atomic mass is 16.6. The van der Waals surface area contributed by atoms with Crippen LogP contribution in [0.1, 0.15) is 39.7 Å². The van der Waals surface area contributed by atoms with Crippen molar-refractivity contribution in [1.82, 2.24) is 10.6 Å². The van der Waals surface area contributed by atoms with Crippen molar-refractivity contribution in [2.75, 3.05) is 6.61 Å². The summed E-state index contributed by atoms with van der Waals surface area (Å²) in [4.78, 5) is 51.7. The highest BCUT2D eigenvalue weighted by Crippen LogP contribution is 2.63. The Morgan fingerprint density at radius 1 is 1.22 bits per heavy atom. The van der Waals surface area contributed by atoms with Gasteiger partial charge in [-0.15, -0.1) is 0 Å². The molecular weight excluding hydrogens is 468 g/mol. The number of aliphatic hydroxyl groups is 1. The monoisotopic (exact) mass is 502 g/mol. The normalized spacial score (nSPS) is 27.1. The molecule has 2 amide bonds. The molecule has 0 saturated heterocycles. The van der Waals surface area contributed by atoms with Crippen molar-refractivity contribution in [1.29, 1.82) is 0 Å². The lowest BCUT2D eigenvalue weighted by molar-refractivity contribution is -0.156. The van der Waals surface area contributed by atoms with Crippen molar-refractivity contribution >= 4 is 23.9 Å². The summed E-state index contributed by atoms with van der Waals surface area (Å²) >= 11 is 0. The predicted molar refractivity (Wildman–Crippen MR) is 128 cm³/mol. The van der Waals surface area contributed by atoms with Gasteiger partial charge in [-0.3, -0.25) is 9.59 Å². The van der Waals surface area contributed by atoms with Crippen LogP contribution in [0.4, 0.5) is 4.79 Å². The molecule has 0 bridgehead atoms. The van der Waals surface area contributed by atoms with Crippen LogP contribution in [0.25, 0.3) is 0 Å². The lowest BCUT2D eigenvalue weighted by Crippen LogP contribution is -2.62. The first-order valence-corrected chi connectivity index (χ1v) is 12.0. The number of ether oxygens (including phenoxy) is 3. The Kier molecular flexibility index (Phi) is 8.08. The maximum atomic E-state index is 13.6. The van der Waals surface area contributed by atoms with E-state index in [0.717, 1.165) is 11.8 Å². The molecule has 6 atom stereocenters. The average Bonchev–Trinajstić information content (AvgIpc) is 3.48. The summed E-state index contributed by atoms with van der Waals surface area (Å²) in [6.45, 7) is 10.1. The Labute approximate surface area is 210 Å². The molecule has 10 nitrogen and oxygen atoms in total. The molecule has 10 heteroatoms. The number of esters is 2. The molecule has 1 aromatic carbocycles. The zero-order chi connectivity index (χ0) is 26.7. The van der Waals surface area contributed by atoms with Crippen LogP contribution >= 0.6 is 0 Å². The van der Waals surface area contributed by atoms with Crippen molar-refractivity contribution in [3.63, 3.8) is 0 Å². The van der Waals surface area contributed by atoms with Gasteiger partial charge in [0.05, 0.1) is 24.9 Å². The minimum absolute atomic E-state index is 0.0370. The standard InChI is InChI=1S/C26H34N2O8/c1-6-34-22(31)19-18-17(29)14-26(20(18)19,23(32)35-7-2)28-21(30)16(13-15-11-9-8-10-12-15)27-24(33)36-25(3,4)5/h6,8-12,16-20,29H,1,7,13-14H2,2-5H3,(H,27,33)(H,28,30)/t16?,17-,18-,19-,20-,26?/m0/s1. The second-order valence-electron chi connectivity index (χ2n) is 10.1. The molecule has 196 valence electrons. The van der Waals surface area contributed by atoms with Gasteiger partial charge in [-0.2, -0.15) is 0 Å². The van der Waals surface area contributed by atoms with Crippen molar-refractivity contribution in [2.45, 2.75) is 63.8 Å². The van der Waals surface area contributed by atoms with Gasteiger partial charge >= 0.3 is 18.0 Å². The number of carbonyl (C=O) groups is 4. The zero-order valence-electron chi connectivity index (χ0n) is 21.0. The second-order valence-corrected chi connectivity index (χ2v) is 10.1. The molecule has 36 heavy (non-hydrogen) atoms. The van der Waals surface area contributed by atoms with E-state index in [1.807, 2.05) is 6.07 Å². The van der Waals surface area contributed by atoms with Gasteiger partial charge in [0.25, 0.3) is 0 Å². The van der Waals surface area contributed by atoms with E-state index in [-0.39, 0.29) is 19.4 Å². The van der Waals surface area contributed by atoms with Gasteiger partial charge in [0.15, 0.2) is 0 Å². The third-order valence-electron chi connectivity index (χ3n) is 6.37. The van der Waals surface area contributed by atoms with E-state index < -0.39 is 65.0 Å². The molecule has 3 rings (SSSR count). The fourth-order valence-electron chi connectivity index (χ4n) is 5.00. The van der Waals surface area contributed by atoms with Crippen LogP contribution < -0.4 is 10.6 Å². The number of fused-ring (bicyclic) bond motifs is 1. The quantitative estimate of drug-likeness (QED) is 0.264. The number of hydrogen-bond acceptors (Lipinski definition) is 8. The SMILES string of the molecule is C=COC(=O)[C@H]1[C@H]2[C@@H]1C(NC(=O)C(Cc1ccccc1)NC(=O)OC(C)(C)C)(C(=O)OCC)C[C@@H]2O. The number of amides is 2. The van der Waals surface area contributed by atoms with E-state index in [4.69, 9.17) is 14.2 Å². The third-order valence-corrected chi connectivity index (χ3v) is 6.37. The summed E-state index contributed by atoms with van der Waals surface area (Å²) in [5.41, 5.74) is -1.69. The van der Waals surface area contributed by atoms with Crippen LogP contribution in [0.5, 0.6) is 0 Å². The van der Waals surface area contributed by atoms with Gasteiger partial charge in [-0.1, -0.05) is 36.9 Å². The minimum Gasteiger partial charge on any atom is -0.464 e. The lowest BCUT2D eigenvalue weighted by Gasteiger charge is -2.33. The molecule has 0 heterocycles. The highest BCUT2D eigenvalue weighted by Gasteiger charge is 2.76. The Morgan fingerprint density at radius 3 is 2.47 bits per heavy atom. The van der Waals surface area contributed by atoms with Gasteiger partial charge in [0.1, 0.15) is 17.2 Å². The molecule has 0 aliphatic heterocycles. The number of hydrogen-bond donors (Lipinski definition) is 3. The van der Waals surface area contributed by atoms with Gasteiger partial charge in [0.2, 0.25) is 5.91 Å². The van der Waals surface area contributed by atoms with Crippen molar-refractivity contribution in [2.24, 2.45) is 17.8 Å². The van der Waals surface area contributed by atoms with Crippen LogP contribution in [0.3, 0.4) is 0 Å². The molecule has 2 unspecified atom stereocenters. The largest absolute Gasteiger partial charge is 0.464 e. The van der Waals surface area contributed by atoms with Crippen LogP contribution in [0.2, 0.25) is 0 Å². The number of rotatable bonds is 9. The third kappa shape index (κ3) is 5.87. The average molecular weight is 503 g/mol. The van der Waals surface area contributed by atoms with Crippen LogP contribution in [0.15, 0.2) is 43.2 Å². The van der Waals surface area contributed by atoms with Gasteiger partial charge in [0, 0.05) is 24.7 Å². The smallest absolute Gasteiger partial charge is 0.408 e. The second kappa shape index (κ2) is 10.7. The van der Waals surface area contributed by atoms with Crippen molar-refractivity contribution in [3.8, 4) is 0 Å². The maximum Gasteiger partial charge on any atom is 0.408 e. The number of aliphatic hydroxyl groups excluding tert-OH is 1. The summed E-state index contributed by atoms with van der Waals surface area (Å²) in [5, 5.41) is 16.0. The molecule has 0 spiro atoms. The predicted octanol–water partition coefficient (Wildman–Crippen LogP) is 1.85. The van der Waals surface area contributed by atoms with Gasteiger partial charge < -0.3 is 30.0 Å². The Hall–Kier alpha value is -3.40. The minimum atomic E-state index is -1.66. The first-order valence-electron chi connectivity index (χ1n) is 12.0. The number of benzene rings is 1. The fourth-order valence-corrected chi connectivity index (χ4v) is 5.00. The lowest BCUT2D eigenvalue weighted by atomic mass is 9.88. The summed E-state index contributed by atoms with van der Waals surface area (Å²) in [7, 11) is 0. The van der Waals surface area contributed by atoms with E-state index in [1.54, 1.807) is 52.0 Å². The summed E-state index contributed by atoms with van der Waals surface area (Å²) in [5.74, 6) is -4.17. The fraction of sp³-hybridized carbons (Fsp3) is 0.538. The number of alkyl carbamates (subject to hydrolysis) is 1. The molecular formula is C26H34N2O8. The van der Waals surface area contributed by atoms with E-state index in [1.165, 1.54) is 0 Å². The molecule has 2 aliphatic rings. The molecule has 2 fully saturated rings. The first kappa shape index (κ1) is 27.2. The van der Waals surface area contributed by atoms with Crippen molar-refractivity contribution in [3.05, 3.63) is 48.7 Å². The highest BCUT2D eigenvalue weighted by molar-refractivity contribution is 5.94. The van der Waals surface area contributed by atoms with Gasteiger partial charge in [-0.05, 0) is 33.3 Å².